The second-order valence-electron chi connectivity index (χ2n) is 4.70. The van der Waals surface area contributed by atoms with Crippen molar-refractivity contribution in [2.24, 2.45) is 0 Å². The molecular weight excluding hydrogens is 316 g/mol. The van der Waals surface area contributed by atoms with Crippen LogP contribution in [0.15, 0.2) is 48.5 Å². The fourth-order valence-corrected chi connectivity index (χ4v) is 1.85. The Balaban J connectivity index is 2.02. The molecule has 0 saturated heterocycles. The van der Waals surface area contributed by atoms with Gasteiger partial charge in [-0.15, -0.1) is 0 Å². The zero-order valence-electron chi connectivity index (χ0n) is 11.9. The molecule has 2 aromatic carbocycles. The largest absolute Gasteiger partial charge is 0.487 e. The van der Waals surface area contributed by atoms with Gasteiger partial charge in [-0.3, -0.25) is 0 Å². The minimum absolute atomic E-state index is 0.0344. The molecule has 0 heterocycles. The molecule has 1 unspecified atom stereocenters. The van der Waals surface area contributed by atoms with Gasteiger partial charge in [0.2, 0.25) is 0 Å². The van der Waals surface area contributed by atoms with E-state index < -0.39 is 24.7 Å². The summed E-state index contributed by atoms with van der Waals surface area (Å²) >= 11 is 0. The number of benzene rings is 2. The van der Waals surface area contributed by atoms with Crippen molar-refractivity contribution in [3.8, 4) is 11.5 Å². The smallest absolute Gasteiger partial charge is 0.422 e. The lowest BCUT2D eigenvalue weighted by Gasteiger charge is -2.16. The highest BCUT2D eigenvalue weighted by molar-refractivity contribution is 5.39. The molecule has 7 heteroatoms. The van der Waals surface area contributed by atoms with E-state index in [0.29, 0.717) is 0 Å². The average molecular weight is 330 g/mol. The third-order valence-electron chi connectivity index (χ3n) is 2.90. The van der Waals surface area contributed by atoms with Crippen LogP contribution in [0.1, 0.15) is 11.7 Å². The average Bonchev–Trinajstić information content (AvgIpc) is 2.51. The van der Waals surface area contributed by atoms with Crippen LogP contribution in [-0.4, -0.2) is 24.5 Å². The van der Waals surface area contributed by atoms with Crippen molar-refractivity contribution in [2.45, 2.75) is 12.3 Å². The van der Waals surface area contributed by atoms with Crippen LogP contribution >= 0.6 is 0 Å². The highest BCUT2D eigenvalue weighted by atomic mass is 19.4. The summed E-state index contributed by atoms with van der Waals surface area (Å²) in [7, 11) is 0. The Morgan fingerprint density at radius 1 is 0.913 bits per heavy atom. The summed E-state index contributed by atoms with van der Waals surface area (Å²) in [5.74, 6) is -0.664. The number of hydrogen-bond acceptors (Lipinski definition) is 3. The van der Waals surface area contributed by atoms with Crippen molar-refractivity contribution in [3.05, 3.63) is 59.9 Å². The third kappa shape index (κ3) is 5.14. The Morgan fingerprint density at radius 3 is 2.09 bits per heavy atom. The number of halogens is 4. The fraction of sp³-hybridized carbons (Fsp3) is 0.250. The first kappa shape index (κ1) is 17.1. The van der Waals surface area contributed by atoms with E-state index in [-0.39, 0.29) is 23.7 Å². The van der Waals surface area contributed by atoms with Gasteiger partial charge in [0.15, 0.2) is 18.1 Å². The Bertz CT molecular complexity index is 643. The van der Waals surface area contributed by atoms with Gasteiger partial charge in [0.25, 0.3) is 0 Å². The van der Waals surface area contributed by atoms with E-state index in [9.17, 15) is 22.7 Å². The highest BCUT2D eigenvalue weighted by Crippen LogP contribution is 2.29. The molecule has 0 aromatic heterocycles. The third-order valence-corrected chi connectivity index (χ3v) is 2.90. The van der Waals surface area contributed by atoms with Gasteiger partial charge >= 0.3 is 6.18 Å². The van der Waals surface area contributed by atoms with Gasteiger partial charge in [-0.25, -0.2) is 4.39 Å². The summed E-state index contributed by atoms with van der Waals surface area (Å²) in [4.78, 5) is 0. The molecule has 0 fully saturated rings. The predicted molar refractivity (Wildman–Crippen MR) is 74.8 cm³/mol. The molecule has 0 saturated carbocycles. The number of hydrogen-bond donors (Lipinski definition) is 1. The second-order valence-corrected chi connectivity index (χ2v) is 4.70. The van der Waals surface area contributed by atoms with Crippen molar-refractivity contribution < 1.29 is 32.1 Å². The summed E-state index contributed by atoms with van der Waals surface area (Å²) < 4.78 is 60.1. The topological polar surface area (TPSA) is 38.7 Å². The first-order valence-corrected chi connectivity index (χ1v) is 6.70. The van der Waals surface area contributed by atoms with Crippen LogP contribution < -0.4 is 9.47 Å². The molecule has 0 aliphatic rings. The zero-order valence-corrected chi connectivity index (χ0v) is 11.9. The van der Waals surface area contributed by atoms with E-state index >= 15 is 0 Å². The Kier molecular flexibility index (Phi) is 5.44. The molecule has 0 aliphatic heterocycles. The number of ether oxygens (including phenoxy) is 2. The summed E-state index contributed by atoms with van der Waals surface area (Å²) in [6.07, 6.45) is -5.73. The van der Waals surface area contributed by atoms with Crippen LogP contribution in [0.5, 0.6) is 11.5 Å². The lowest BCUT2D eigenvalue weighted by molar-refractivity contribution is -0.153. The maximum absolute atomic E-state index is 13.5. The maximum atomic E-state index is 13.5. The summed E-state index contributed by atoms with van der Waals surface area (Å²) in [6.45, 7) is -1.78. The lowest BCUT2D eigenvalue weighted by atomic mass is 10.1. The van der Waals surface area contributed by atoms with Crippen molar-refractivity contribution in [2.75, 3.05) is 13.2 Å². The van der Waals surface area contributed by atoms with Gasteiger partial charge in [-0.1, -0.05) is 30.3 Å². The molecule has 0 amide bonds. The SMILES string of the molecule is OC(COc1ccccc1OCC(F)(F)F)c1ccccc1F. The number of aliphatic hydroxyl groups is 1. The molecule has 3 nitrogen and oxygen atoms in total. The predicted octanol–water partition coefficient (Wildman–Crippen LogP) is 3.88. The van der Waals surface area contributed by atoms with Crippen LogP contribution in [0, 0.1) is 5.82 Å². The maximum Gasteiger partial charge on any atom is 0.422 e. The number of para-hydroxylation sites is 2. The normalized spacial score (nSPS) is 12.7. The molecule has 0 radical (unpaired) electrons. The van der Waals surface area contributed by atoms with Gasteiger partial charge in [0.1, 0.15) is 18.5 Å². The Labute approximate surface area is 130 Å². The molecule has 1 atom stereocenters. The minimum Gasteiger partial charge on any atom is -0.487 e. The van der Waals surface area contributed by atoms with Gasteiger partial charge in [-0.2, -0.15) is 13.2 Å². The second kappa shape index (κ2) is 7.32. The molecule has 124 valence electrons. The fourth-order valence-electron chi connectivity index (χ4n) is 1.85. The summed E-state index contributed by atoms with van der Waals surface area (Å²) in [5.41, 5.74) is 0.0428. The van der Waals surface area contributed by atoms with Crippen molar-refractivity contribution in [3.63, 3.8) is 0 Å². The van der Waals surface area contributed by atoms with Crippen LogP contribution in [0.25, 0.3) is 0 Å². The van der Waals surface area contributed by atoms with Gasteiger partial charge < -0.3 is 14.6 Å². The molecule has 0 aliphatic carbocycles. The number of aliphatic hydroxyl groups excluding tert-OH is 1. The molecule has 0 spiro atoms. The van der Waals surface area contributed by atoms with E-state index in [1.807, 2.05) is 0 Å². The van der Waals surface area contributed by atoms with Crippen LogP contribution in [-0.2, 0) is 0 Å². The molecular formula is C16H14F4O3. The van der Waals surface area contributed by atoms with Gasteiger partial charge in [0.05, 0.1) is 0 Å². The highest BCUT2D eigenvalue weighted by Gasteiger charge is 2.29. The molecule has 0 bridgehead atoms. The van der Waals surface area contributed by atoms with E-state index in [1.165, 1.54) is 36.4 Å². The monoisotopic (exact) mass is 330 g/mol. The molecule has 23 heavy (non-hydrogen) atoms. The van der Waals surface area contributed by atoms with Crippen LogP contribution in [0.2, 0.25) is 0 Å². The molecule has 1 N–H and O–H groups in total. The van der Waals surface area contributed by atoms with E-state index in [4.69, 9.17) is 4.74 Å². The molecule has 2 aromatic rings. The van der Waals surface area contributed by atoms with Gasteiger partial charge in [-0.05, 0) is 18.2 Å². The minimum atomic E-state index is -4.47. The number of alkyl halides is 3. The van der Waals surface area contributed by atoms with Crippen LogP contribution in [0.3, 0.4) is 0 Å². The van der Waals surface area contributed by atoms with Crippen molar-refractivity contribution in [1.29, 1.82) is 0 Å². The van der Waals surface area contributed by atoms with E-state index in [2.05, 4.69) is 4.74 Å². The lowest BCUT2D eigenvalue weighted by Crippen LogP contribution is -2.19. The van der Waals surface area contributed by atoms with Gasteiger partial charge in [0, 0.05) is 5.56 Å². The quantitative estimate of drug-likeness (QED) is 0.817. The number of rotatable bonds is 6. The Morgan fingerprint density at radius 2 is 1.48 bits per heavy atom. The van der Waals surface area contributed by atoms with E-state index in [0.717, 1.165) is 0 Å². The van der Waals surface area contributed by atoms with E-state index in [1.54, 1.807) is 12.1 Å². The summed E-state index contributed by atoms with van der Waals surface area (Å²) in [6, 6.07) is 11.4. The van der Waals surface area contributed by atoms with Crippen molar-refractivity contribution >= 4 is 0 Å². The van der Waals surface area contributed by atoms with Crippen LogP contribution in [0.4, 0.5) is 17.6 Å². The zero-order chi connectivity index (χ0) is 16.9. The Hall–Kier alpha value is -2.28. The molecule has 2 rings (SSSR count). The van der Waals surface area contributed by atoms with Crippen molar-refractivity contribution in [1.82, 2.24) is 0 Å². The standard InChI is InChI=1S/C16H14F4O3/c17-12-6-2-1-5-11(12)13(21)9-22-14-7-3-4-8-15(14)23-10-16(18,19)20/h1-8,13,21H,9-10H2. The first-order valence-electron chi connectivity index (χ1n) is 6.70. The summed E-state index contributed by atoms with van der Waals surface area (Å²) in [5, 5.41) is 9.93. The first-order chi connectivity index (χ1) is 10.9.